The van der Waals surface area contributed by atoms with E-state index in [4.69, 9.17) is 0 Å². The molecule has 3 rings (SSSR count). The molecule has 0 aromatic heterocycles. The van der Waals surface area contributed by atoms with Gasteiger partial charge >= 0.3 is 0 Å². The summed E-state index contributed by atoms with van der Waals surface area (Å²) in [7, 11) is 0. The number of benzene rings is 2. The van der Waals surface area contributed by atoms with Crippen LogP contribution in [-0.4, -0.2) is 74.0 Å². The Hall–Kier alpha value is -3.22. The van der Waals surface area contributed by atoms with Crippen LogP contribution in [0.25, 0.3) is 12.2 Å². The smallest absolute Gasteiger partial charge is 0.243 e. The van der Waals surface area contributed by atoms with Crippen molar-refractivity contribution in [2.75, 3.05) is 52.4 Å². The highest BCUT2D eigenvalue weighted by atomic mass is 16.2. The average Bonchev–Trinajstić information content (AvgIpc) is 2.95. The molecule has 1 fully saturated rings. The predicted octanol–water partition coefficient (Wildman–Crippen LogP) is 5.64. The van der Waals surface area contributed by atoms with Crippen LogP contribution >= 0.6 is 0 Å². The molecule has 0 saturated carbocycles. The lowest BCUT2D eigenvalue weighted by Gasteiger charge is -2.34. The van der Waals surface area contributed by atoms with E-state index in [0.29, 0.717) is 13.1 Å². The Kier molecular flexibility index (Phi) is 12.6. The number of hydrogen-bond donors (Lipinski definition) is 2. The normalized spacial score (nSPS) is 15.4. The standard InChI is InChI=1S/C36H52N4O2/c1-35(2,3)31-15-9-29(10-16-31)13-19-33(41)37-21-7-23-39-25-27-40(28-26-39)24-8-22-38-34(42)20-14-30-11-17-32(18-12-30)36(4,5)6/h9-20H,7-8,21-28H2,1-6H3,(H,37,41)(H,38,42). The van der Waals surface area contributed by atoms with Crippen molar-refractivity contribution in [3.05, 3.63) is 82.9 Å². The van der Waals surface area contributed by atoms with Crippen LogP contribution in [0.5, 0.6) is 0 Å². The van der Waals surface area contributed by atoms with Crippen molar-refractivity contribution >= 4 is 24.0 Å². The topological polar surface area (TPSA) is 64.7 Å². The Morgan fingerprint density at radius 2 is 0.952 bits per heavy atom. The van der Waals surface area contributed by atoms with Crippen LogP contribution in [-0.2, 0) is 20.4 Å². The molecule has 0 unspecified atom stereocenters. The highest BCUT2D eigenvalue weighted by Crippen LogP contribution is 2.23. The molecule has 1 aliphatic rings. The molecule has 1 aliphatic heterocycles. The van der Waals surface area contributed by atoms with Crippen molar-refractivity contribution in [2.24, 2.45) is 0 Å². The van der Waals surface area contributed by atoms with Crippen LogP contribution in [0, 0.1) is 0 Å². The number of nitrogens with zero attached hydrogens (tertiary/aromatic N) is 2. The lowest BCUT2D eigenvalue weighted by atomic mass is 9.87. The Bertz CT molecular complexity index is 1080. The number of carbonyl (C=O) groups is 2. The van der Waals surface area contributed by atoms with Crippen LogP contribution in [0.3, 0.4) is 0 Å². The fourth-order valence-corrected chi connectivity index (χ4v) is 4.92. The summed E-state index contributed by atoms with van der Waals surface area (Å²) in [4.78, 5) is 29.3. The molecule has 1 saturated heterocycles. The van der Waals surface area contributed by atoms with Crippen LogP contribution in [0.1, 0.15) is 76.6 Å². The minimum Gasteiger partial charge on any atom is -0.353 e. The van der Waals surface area contributed by atoms with Gasteiger partial charge in [0.25, 0.3) is 0 Å². The third-order valence-electron chi connectivity index (χ3n) is 7.77. The minimum atomic E-state index is -0.0444. The largest absolute Gasteiger partial charge is 0.353 e. The second kappa shape index (κ2) is 15.9. The maximum atomic E-state index is 12.2. The highest BCUT2D eigenvalue weighted by Gasteiger charge is 2.16. The minimum absolute atomic E-state index is 0.0444. The fourth-order valence-electron chi connectivity index (χ4n) is 4.92. The van der Waals surface area contributed by atoms with E-state index in [2.05, 4.69) is 111 Å². The maximum Gasteiger partial charge on any atom is 0.243 e. The van der Waals surface area contributed by atoms with Crippen LogP contribution in [0.2, 0.25) is 0 Å². The molecule has 42 heavy (non-hydrogen) atoms. The number of carbonyl (C=O) groups excluding carboxylic acids is 2. The summed E-state index contributed by atoms with van der Waals surface area (Å²) >= 11 is 0. The van der Waals surface area contributed by atoms with Gasteiger partial charge in [-0.3, -0.25) is 9.59 Å². The predicted molar refractivity (Wildman–Crippen MR) is 176 cm³/mol. The summed E-state index contributed by atoms with van der Waals surface area (Å²) in [6.45, 7) is 20.7. The summed E-state index contributed by atoms with van der Waals surface area (Å²) in [5.41, 5.74) is 4.90. The van der Waals surface area contributed by atoms with Crippen molar-refractivity contribution in [2.45, 2.75) is 65.2 Å². The van der Waals surface area contributed by atoms with Gasteiger partial charge < -0.3 is 20.4 Å². The molecule has 2 aromatic rings. The van der Waals surface area contributed by atoms with Crippen LogP contribution in [0.15, 0.2) is 60.7 Å². The first-order valence-electron chi connectivity index (χ1n) is 15.5. The fraction of sp³-hybridized carbons (Fsp3) is 0.500. The molecule has 0 atom stereocenters. The van der Waals surface area contributed by atoms with Crippen molar-refractivity contribution in [1.82, 2.24) is 20.4 Å². The third kappa shape index (κ3) is 11.9. The third-order valence-corrected chi connectivity index (χ3v) is 7.77. The van der Waals surface area contributed by atoms with Gasteiger partial charge in [-0.25, -0.2) is 0 Å². The molecule has 228 valence electrons. The monoisotopic (exact) mass is 572 g/mol. The molecule has 6 heteroatoms. The van der Waals surface area contributed by atoms with Gasteiger partial charge in [0.2, 0.25) is 11.8 Å². The summed E-state index contributed by atoms with van der Waals surface area (Å²) in [6, 6.07) is 16.8. The van der Waals surface area contributed by atoms with E-state index in [1.165, 1.54) is 11.1 Å². The average molecular weight is 573 g/mol. The van der Waals surface area contributed by atoms with E-state index in [1.807, 2.05) is 12.2 Å². The summed E-state index contributed by atoms with van der Waals surface area (Å²) < 4.78 is 0. The van der Waals surface area contributed by atoms with Gasteiger partial charge in [-0.05, 0) is 71.2 Å². The van der Waals surface area contributed by atoms with Gasteiger partial charge in [0.05, 0.1) is 0 Å². The van der Waals surface area contributed by atoms with Gasteiger partial charge in [0.15, 0.2) is 0 Å². The molecular formula is C36H52N4O2. The number of rotatable bonds is 12. The quantitative estimate of drug-likeness (QED) is 0.255. The van der Waals surface area contributed by atoms with Gasteiger partial charge in [-0.2, -0.15) is 0 Å². The molecule has 2 aromatic carbocycles. The second-order valence-electron chi connectivity index (χ2n) is 13.4. The van der Waals surface area contributed by atoms with Gasteiger partial charge in [0, 0.05) is 51.4 Å². The first kappa shape index (κ1) is 33.3. The molecule has 2 amide bonds. The van der Waals surface area contributed by atoms with Crippen LogP contribution in [0.4, 0.5) is 0 Å². The number of hydrogen-bond acceptors (Lipinski definition) is 4. The van der Waals surface area contributed by atoms with Gasteiger partial charge in [0.1, 0.15) is 0 Å². The molecule has 1 heterocycles. The Balaban J connectivity index is 1.22. The second-order valence-corrected chi connectivity index (χ2v) is 13.4. The Labute approximate surface area is 254 Å². The van der Waals surface area contributed by atoms with E-state index in [0.717, 1.165) is 63.2 Å². The van der Waals surface area contributed by atoms with E-state index >= 15 is 0 Å². The highest BCUT2D eigenvalue weighted by molar-refractivity contribution is 5.92. The van der Waals surface area contributed by atoms with Gasteiger partial charge in [-0.1, -0.05) is 90.1 Å². The van der Waals surface area contributed by atoms with Gasteiger partial charge in [-0.15, -0.1) is 0 Å². The molecule has 0 spiro atoms. The van der Waals surface area contributed by atoms with Crippen molar-refractivity contribution in [1.29, 1.82) is 0 Å². The zero-order chi connectivity index (χ0) is 30.6. The summed E-state index contributed by atoms with van der Waals surface area (Å²) in [5.74, 6) is -0.0888. The molecule has 0 bridgehead atoms. The lowest BCUT2D eigenvalue weighted by molar-refractivity contribution is -0.117. The number of amides is 2. The molecule has 6 nitrogen and oxygen atoms in total. The summed E-state index contributed by atoms with van der Waals surface area (Å²) in [6.07, 6.45) is 8.87. The maximum absolute atomic E-state index is 12.2. The van der Waals surface area contributed by atoms with E-state index < -0.39 is 0 Å². The SMILES string of the molecule is CC(C)(C)c1ccc(C=CC(=O)NCCCN2CCN(CCCNC(=O)C=Cc3ccc(C(C)(C)C)cc3)CC2)cc1. The zero-order valence-electron chi connectivity index (χ0n) is 26.7. The summed E-state index contributed by atoms with van der Waals surface area (Å²) in [5, 5.41) is 6.01. The number of nitrogens with one attached hydrogen (secondary N) is 2. The first-order chi connectivity index (χ1) is 19.9. The Morgan fingerprint density at radius 1 is 0.619 bits per heavy atom. The first-order valence-corrected chi connectivity index (χ1v) is 15.5. The molecule has 2 N–H and O–H groups in total. The van der Waals surface area contributed by atoms with E-state index in [9.17, 15) is 9.59 Å². The van der Waals surface area contributed by atoms with Crippen LogP contribution < -0.4 is 10.6 Å². The molecule has 0 aliphatic carbocycles. The number of piperazine rings is 1. The van der Waals surface area contributed by atoms with Crippen molar-refractivity contribution in [3.63, 3.8) is 0 Å². The molecule has 0 radical (unpaired) electrons. The van der Waals surface area contributed by atoms with Crippen molar-refractivity contribution < 1.29 is 9.59 Å². The van der Waals surface area contributed by atoms with Crippen molar-refractivity contribution in [3.8, 4) is 0 Å². The van der Waals surface area contributed by atoms with E-state index in [-0.39, 0.29) is 22.6 Å². The Morgan fingerprint density at radius 3 is 1.26 bits per heavy atom. The van der Waals surface area contributed by atoms with E-state index in [1.54, 1.807) is 12.2 Å². The zero-order valence-corrected chi connectivity index (χ0v) is 26.7. The lowest BCUT2D eigenvalue weighted by Crippen LogP contribution is -2.47. The molecular weight excluding hydrogens is 520 g/mol.